The fourth-order valence-corrected chi connectivity index (χ4v) is 6.80. The molecule has 0 aliphatic carbocycles. The number of nitrogens with zero attached hydrogens (tertiary/aromatic N) is 2. The predicted molar refractivity (Wildman–Crippen MR) is 198 cm³/mol. The van der Waals surface area contributed by atoms with Gasteiger partial charge in [0.1, 0.15) is 5.82 Å². The van der Waals surface area contributed by atoms with Gasteiger partial charge in [-0.2, -0.15) is 0 Å². The molecule has 0 aliphatic heterocycles. The maximum Gasteiger partial charge on any atom is 0.145 e. The molecule has 220 valence electrons. The summed E-state index contributed by atoms with van der Waals surface area (Å²) < 4.78 is 44.5. The van der Waals surface area contributed by atoms with Gasteiger partial charge in [0.05, 0.1) is 17.9 Å². The van der Waals surface area contributed by atoms with E-state index in [0.29, 0.717) is 5.56 Å². The summed E-state index contributed by atoms with van der Waals surface area (Å²) in [7, 11) is 0. The molecular weight excluding hydrogens is 569 g/mol. The molecule has 47 heavy (non-hydrogen) atoms. The van der Waals surface area contributed by atoms with E-state index in [2.05, 4.69) is 77.4 Å². The van der Waals surface area contributed by atoms with Gasteiger partial charge in [-0.05, 0) is 85.3 Å². The molecular formula is C45H30N2. The Morgan fingerprint density at radius 3 is 1.70 bits per heavy atom. The van der Waals surface area contributed by atoms with Gasteiger partial charge in [0.15, 0.2) is 0 Å². The summed E-state index contributed by atoms with van der Waals surface area (Å²) >= 11 is 0. The smallest absolute Gasteiger partial charge is 0.145 e. The quantitative estimate of drug-likeness (QED) is 0.179. The highest BCUT2D eigenvalue weighted by atomic mass is 15.1. The molecule has 9 aromatic rings. The van der Waals surface area contributed by atoms with Crippen molar-refractivity contribution in [3.05, 3.63) is 182 Å². The number of hydrogen-bond acceptors (Lipinski definition) is 1. The van der Waals surface area contributed by atoms with Crippen LogP contribution in [0.25, 0.3) is 83.0 Å². The van der Waals surface area contributed by atoms with E-state index in [4.69, 9.17) is 11.8 Å². The van der Waals surface area contributed by atoms with Crippen LogP contribution >= 0.6 is 0 Å². The van der Waals surface area contributed by atoms with Crippen molar-refractivity contribution < 1.29 is 6.85 Å². The van der Waals surface area contributed by atoms with Crippen LogP contribution in [0.15, 0.2) is 182 Å². The first-order valence-corrected chi connectivity index (χ1v) is 15.7. The Hall–Kier alpha value is -6.25. The molecule has 0 radical (unpaired) electrons. The number of hydrogen-bond donors (Lipinski definition) is 0. The minimum Gasteiger partial charge on any atom is -0.292 e. The van der Waals surface area contributed by atoms with Crippen LogP contribution in [-0.4, -0.2) is 9.55 Å². The molecule has 2 nitrogen and oxygen atoms in total. The molecule has 0 saturated heterocycles. The molecule has 0 unspecified atom stereocenters. The highest BCUT2D eigenvalue weighted by Gasteiger charge is 2.19. The van der Waals surface area contributed by atoms with Crippen molar-refractivity contribution in [1.82, 2.24) is 9.55 Å². The number of fused-ring (bicyclic) bond motifs is 3. The van der Waals surface area contributed by atoms with Gasteiger partial charge in [-0.3, -0.25) is 4.57 Å². The van der Waals surface area contributed by atoms with Crippen molar-refractivity contribution in [2.75, 3.05) is 0 Å². The first kappa shape index (κ1) is 22.3. The van der Waals surface area contributed by atoms with Crippen LogP contribution in [0.4, 0.5) is 0 Å². The van der Waals surface area contributed by atoms with Crippen LogP contribution in [0.2, 0.25) is 0 Å². The Balaban J connectivity index is 1.30. The average Bonchev–Trinajstić information content (AvgIpc) is 3.59. The molecule has 1 aromatic heterocycles. The van der Waals surface area contributed by atoms with Crippen molar-refractivity contribution in [2.24, 2.45) is 0 Å². The number of para-hydroxylation sites is 2. The zero-order valence-electron chi connectivity index (χ0n) is 30.3. The van der Waals surface area contributed by atoms with Gasteiger partial charge < -0.3 is 0 Å². The lowest BCUT2D eigenvalue weighted by Gasteiger charge is -2.19. The normalized spacial score (nSPS) is 12.9. The molecule has 0 aliphatic rings. The zero-order chi connectivity index (χ0) is 35.5. The molecule has 0 spiro atoms. The van der Waals surface area contributed by atoms with Crippen LogP contribution in [0.5, 0.6) is 0 Å². The summed E-state index contributed by atoms with van der Waals surface area (Å²) in [6, 6.07) is 50.0. The number of benzene rings is 8. The summed E-state index contributed by atoms with van der Waals surface area (Å²) in [6.45, 7) is 0. The van der Waals surface area contributed by atoms with E-state index in [0.717, 1.165) is 71.9 Å². The predicted octanol–water partition coefficient (Wildman–Crippen LogP) is 12.0. The first-order valence-electron chi connectivity index (χ1n) is 18.2. The maximum absolute atomic E-state index is 8.73. The standard InChI is InChI=1S/C45H30N2/c1-4-14-31(15-5-1)35-26-29-39-40(30-35)44(32-16-6-2-7-17-32)38-21-11-10-20-37(38)43(39)33-24-27-36(28-25-33)47-42-23-13-12-22-41(42)46-45(47)34-18-8-3-9-19-34/h1-30H/i1D,4D,5D,14D,15D. The summed E-state index contributed by atoms with van der Waals surface area (Å²) in [5.74, 6) is 0.873. The fourth-order valence-electron chi connectivity index (χ4n) is 6.80. The number of aromatic nitrogens is 2. The van der Waals surface area contributed by atoms with E-state index in [1.165, 1.54) is 0 Å². The zero-order valence-corrected chi connectivity index (χ0v) is 25.3. The third-order valence-electron chi connectivity index (χ3n) is 8.88. The second-order valence-corrected chi connectivity index (χ2v) is 11.6. The lowest BCUT2D eigenvalue weighted by Crippen LogP contribution is -1.98. The van der Waals surface area contributed by atoms with Crippen molar-refractivity contribution in [2.45, 2.75) is 0 Å². The largest absolute Gasteiger partial charge is 0.292 e. The number of imidazole rings is 1. The molecule has 0 N–H and O–H groups in total. The van der Waals surface area contributed by atoms with Crippen LogP contribution in [-0.2, 0) is 0 Å². The molecule has 0 saturated carbocycles. The fraction of sp³-hybridized carbons (Fsp3) is 0. The highest BCUT2D eigenvalue weighted by Crippen LogP contribution is 2.45. The molecule has 9 rings (SSSR count). The van der Waals surface area contributed by atoms with Gasteiger partial charge in [0.25, 0.3) is 0 Å². The minimum atomic E-state index is -0.402. The first-order chi connectivity index (χ1) is 25.4. The van der Waals surface area contributed by atoms with E-state index in [-0.39, 0.29) is 29.7 Å². The monoisotopic (exact) mass is 603 g/mol. The summed E-state index contributed by atoms with van der Waals surface area (Å²) in [5.41, 5.74) is 8.88. The Kier molecular flexibility index (Phi) is 5.35. The molecule has 0 bridgehead atoms. The van der Waals surface area contributed by atoms with Gasteiger partial charge in [-0.1, -0.05) is 152 Å². The van der Waals surface area contributed by atoms with Crippen molar-refractivity contribution in [3.8, 4) is 50.5 Å². The topological polar surface area (TPSA) is 17.8 Å². The van der Waals surface area contributed by atoms with Crippen LogP contribution in [0, 0.1) is 0 Å². The van der Waals surface area contributed by atoms with Gasteiger partial charge in [0, 0.05) is 11.3 Å². The van der Waals surface area contributed by atoms with E-state index >= 15 is 0 Å². The van der Waals surface area contributed by atoms with E-state index in [1.54, 1.807) is 0 Å². The Morgan fingerprint density at radius 2 is 0.979 bits per heavy atom. The van der Waals surface area contributed by atoms with Crippen molar-refractivity contribution in [1.29, 1.82) is 0 Å². The average molecular weight is 604 g/mol. The lowest BCUT2D eigenvalue weighted by molar-refractivity contribution is 1.10. The Labute approximate surface area is 280 Å². The molecule has 0 fully saturated rings. The molecule has 2 heteroatoms. The summed E-state index contributed by atoms with van der Waals surface area (Å²) in [4.78, 5) is 5.02. The van der Waals surface area contributed by atoms with Crippen LogP contribution < -0.4 is 0 Å². The molecule has 0 amide bonds. The second kappa shape index (κ2) is 11.3. The molecule has 0 atom stereocenters. The number of rotatable bonds is 5. The minimum absolute atomic E-state index is 0.188. The summed E-state index contributed by atoms with van der Waals surface area (Å²) in [5, 5.41) is 4.08. The van der Waals surface area contributed by atoms with Gasteiger partial charge >= 0.3 is 0 Å². The van der Waals surface area contributed by atoms with Gasteiger partial charge in [-0.15, -0.1) is 0 Å². The van der Waals surface area contributed by atoms with Crippen LogP contribution in [0.1, 0.15) is 6.85 Å². The van der Waals surface area contributed by atoms with Crippen LogP contribution in [0.3, 0.4) is 0 Å². The second-order valence-electron chi connectivity index (χ2n) is 11.6. The summed E-state index contributed by atoms with van der Waals surface area (Å²) in [6.07, 6.45) is 0. The van der Waals surface area contributed by atoms with Gasteiger partial charge in [-0.25, -0.2) is 4.98 Å². The molecule has 8 aromatic carbocycles. The third kappa shape index (κ3) is 4.62. The van der Waals surface area contributed by atoms with E-state index < -0.39 is 6.04 Å². The lowest BCUT2D eigenvalue weighted by atomic mass is 9.85. The SMILES string of the molecule is [2H]c1c([2H])c([2H])c(-c2ccc3c(-c4ccc(-n5c(-c6ccccc6)nc6ccccc65)cc4)c4ccccc4c(-c4ccccc4)c3c2)c([2H])c1[2H]. The van der Waals surface area contributed by atoms with E-state index in [9.17, 15) is 0 Å². The third-order valence-corrected chi connectivity index (χ3v) is 8.88. The van der Waals surface area contributed by atoms with Crippen molar-refractivity contribution in [3.63, 3.8) is 0 Å². The van der Waals surface area contributed by atoms with Gasteiger partial charge in [0.2, 0.25) is 0 Å². The Morgan fingerprint density at radius 1 is 0.426 bits per heavy atom. The maximum atomic E-state index is 8.73. The van der Waals surface area contributed by atoms with Crippen molar-refractivity contribution >= 4 is 32.6 Å². The van der Waals surface area contributed by atoms with E-state index in [1.807, 2.05) is 78.9 Å². The molecule has 1 heterocycles. The highest BCUT2D eigenvalue weighted by molar-refractivity contribution is 6.22. The Bertz CT molecular complexity index is 2800.